The summed E-state index contributed by atoms with van der Waals surface area (Å²) in [6.07, 6.45) is 10.2. The number of amides is 1. The average molecular weight is 346 g/mol. The van der Waals surface area contributed by atoms with E-state index in [1.54, 1.807) is 47.8 Å². The van der Waals surface area contributed by atoms with Gasteiger partial charge in [-0.3, -0.25) is 14.3 Å². The molecule has 0 bridgehead atoms. The number of pyridine rings is 2. The van der Waals surface area contributed by atoms with Crippen molar-refractivity contribution in [1.29, 1.82) is 0 Å². The molecule has 4 aromatic rings. The Bertz CT molecular complexity index is 994. The summed E-state index contributed by atoms with van der Waals surface area (Å²) in [5.41, 5.74) is 1.85. The summed E-state index contributed by atoms with van der Waals surface area (Å²) in [6, 6.07) is 8.97. The van der Waals surface area contributed by atoms with Crippen LogP contribution in [0.1, 0.15) is 16.1 Å². The molecule has 4 heterocycles. The average Bonchev–Trinajstić information content (AvgIpc) is 3.39. The third kappa shape index (κ3) is 3.34. The number of nitrogens with one attached hydrogen (secondary N) is 1. The van der Waals surface area contributed by atoms with Gasteiger partial charge in [-0.15, -0.1) is 0 Å². The van der Waals surface area contributed by atoms with Gasteiger partial charge < -0.3 is 9.84 Å². The normalized spacial score (nSPS) is 10.6. The fraction of sp³-hybridized carbons (Fsp3) is 0.0556. The van der Waals surface area contributed by atoms with E-state index in [9.17, 15) is 4.79 Å². The Labute approximate surface area is 148 Å². The van der Waals surface area contributed by atoms with E-state index >= 15 is 0 Å². The second kappa shape index (κ2) is 6.98. The van der Waals surface area contributed by atoms with Gasteiger partial charge in [0, 0.05) is 49.2 Å². The largest absolute Gasteiger partial charge is 0.355 e. The molecule has 0 aliphatic carbocycles. The lowest BCUT2D eigenvalue weighted by Gasteiger charge is -2.05. The summed E-state index contributed by atoms with van der Waals surface area (Å²) in [5, 5.41) is 6.61. The van der Waals surface area contributed by atoms with E-state index < -0.39 is 0 Å². The van der Waals surface area contributed by atoms with E-state index in [0.29, 0.717) is 12.3 Å². The summed E-state index contributed by atoms with van der Waals surface area (Å²) in [7, 11) is 0. The second-order valence-electron chi connectivity index (χ2n) is 5.50. The van der Waals surface area contributed by atoms with Crippen LogP contribution in [0.15, 0.2) is 72.2 Å². The van der Waals surface area contributed by atoms with Crippen molar-refractivity contribution < 1.29 is 9.32 Å². The van der Waals surface area contributed by atoms with Crippen LogP contribution in [-0.2, 0) is 6.54 Å². The fourth-order valence-corrected chi connectivity index (χ4v) is 2.37. The number of aromatic nitrogens is 5. The Morgan fingerprint density at radius 3 is 2.85 bits per heavy atom. The lowest BCUT2D eigenvalue weighted by molar-refractivity contribution is 0.0942. The molecule has 8 nitrogen and oxygen atoms in total. The number of rotatable bonds is 5. The van der Waals surface area contributed by atoms with Crippen LogP contribution in [0.5, 0.6) is 0 Å². The Hall–Kier alpha value is -3.81. The molecule has 0 aliphatic heterocycles. The molecule has 0 radical (unpaired) electrons. The number of carbonyl (C=O) groups is 1. The highest BCUT2D eigenvalue weighted by atomic mass is 16.5. The minimum absolute atomic E-state index is 0.215. The van der Waals surface area contributed by atoms with Gasteiger partial charge >= 0.3 is 0 Å². The summed E-state index contributed by atoms with van der Waals surface area (Å²) in [5.74, 6) is 0.937. The molecule has 0 aromatic carbocycles. The quantitative estimate of drug-likeness (QED) is 0.595. The van der Waals surface area contributed by atoms with Crippen molar-refractivity contribution in [1.82, 2.24) is 30.0 Å². The molecule has 0 atom stereocenters. The van der Waals surface area contributed by atoms with E-state index in [4.69, 9.17) is 4.52 Å². The smallest absolute Gasteiger partial charge is 0.273 e. The maximum Gasteiger partial charge on any atom is 0.273 e. The zero-order chi connectivity index (χ0) is 17.8. The standard InChI is InChI=1S/C18H14N6O2/c25-18(15-8-16(26-23-15)14-2-1-5-19-11-14)22-10-13-3-4-17(21-9-13)24-7-6-20-12-24/h1-9,11-12H,10H2,(H,22,25). The van der Waals surface area contributed by atoms with E-state index in [2.05, 4.69) is 25.4 Å². The van der Waals surface area contributed by atoms with Crippen molar-refractivity contribution >= 4 is 5.91 Å². The first kappa shape index (κ1) is 15.7. The van der Waals surface area contributed by atoms with Crippen LogP contribution in [-0.4, -0.2) is 30.6 Å². The van der Waals surface area contributed by atoms with Crippen LogP contribution in [0.4, 0.5) is 0 Å². The molecule has 128 valence electrons. The highest BCUT2D eigenvalue weighted by Crippen LogP contribution is 2.18. The SMILES string of the molecule is O=C(NCc1ccc(-n2ccnc2)nc1)c1cc(-c2cccnc2)on1. The van der Waals surface area contributed by atoms with Gasteiger partial charge in [-0.25, -0.2) is 9.97 Å². The first-order valence-corrected chi connectivity index (χ1v) is 7.88. The highest BCUT2D eigenvalue weighted by Gasteiger charge is 2.13. The Morgan fingerprint density at radius 2 is 2.12 bits per heavy atom. The topological polar surface area (TPSA) is 98.7 Å². The van der Waals surface area contributed by atoms with Crippen molar-refractivity contribution in [2.75, 3.05) is 0 Å². The second-order valence-corrected chi connectivity index (χ2v) is 5.50. The number of hydrogen-bond donors (Lipinski definition) is 1. The molecule has 0 fully saturated rings. The van der Waals surface area contributed by atoms with Crippen LogP contribution >= 0.6 is 0 Å². The van der Waals surface area contributed by atoms with Crippen molar-refractivity contribution in [3.8, 4) is 17.1 Å². The first-order valence-electron chi connectivity index (χ1n) is 7.88. The van der Waals surface area contributed by atoms with Gasteiger partial charge in [-0.2, -0.15) is 0 Å². The molecular formula is C18H14N6O2. The molecule has 4 aromatic heterocycles. The molecule has 0 spiro atoms. The summed E-state index contributed by atoms with van der Waals surface area (Å²) in [6.45, 7) is 0.338. The first-order chi connectivity index (χ1) is 12.8. The number of hydrogen-bond acceptors (Lipinski definition) is 6. The Kier molecular flexibility index (Phi) is 4.21. The van der Waals surface area contributed by atoms with Gasteiger partial charge in [0.15, 0.2) is 11.5 Å². The zero-order valence-electron chi connectivity index (χ0n) is 13.6. The van der Waals surface area contributed by atoms with E-state index in [-0.39, 0.29) is 11.6 Å². The highest BCUT2D eigenvalue weighted by molar-refractivity contribution is 5.93. The number of imidazole rings is 1. The fourth-order valence-electron chi connectivity index (χ4n) is 2.37. The summed E-state index contributed by atoms with van der Waals surface area (Å²) in [4.78, 5) is 24.6. The van der Waals surface area contributed by atoms with Crippen molar-refractivity contribution in [3.05, 3.63) is 78.9 Å². The maximum atomic E-state index is 12.2. The van der Waals surface area contributed by atoms with Gasteiger partial charge in [0.05, 0.1) is 0 Å². The molecule has 1 N–H and O–H groups in total. The van der Waals surface area contributed by atoms with E-state index in [0.717, 1.165) is 16.9 Å². The predicted octanol–water partition coefficient (Wildman–Crippen LogP) is 2.25. The predicted molar refractivity (Wildman–Crippen MR) is 92.3 cm³/mol. The minimum atomic E-state index is -0.317. The van der Waals surface area contributed by atoms with Crippen molar-refractivity contribution in [3.63, 3.8) is 0 Å². The Morgan fingerprint density at radius 1 is 1.15 bits per heavy atom. The summed E-state index contributed by atoms with van der Waals surface area (Å²) < 4.78 is 7.01. The molecule has 0 saturated heterocycles. The van der Waals surface area contributed by atoms with Crippen LogP contribution < -0.4 is 5.32 Å². The van der Waals surface area contributed by atoms with Crippen LogP contribution in [0, 0.1) is 0 Å². The molecule has 0 saturated carbocycles. The molecule has 26 heavy (non-hydrogen) atoms. The monoisotopic (exact) mass is 346 g/mol. The van der Waals surface area contributed by atoms with E-state index in [1.807, 2.05) is 24.4 Å². The van der Waals surface area contributed by atoms with Crippen LogP contribution in [0.25, 0.3) is 17.1 Å². The lowest BCUT2D eigenvalue weighted by atomic mass is 10.2. The number of nitrogens with zero attached hydrogens (tertiary/aromatic N) is 5. The minimum Gasteiger partial charge on any atom is -0.355 e. The van der Waals surface area contributed by atoms with Gasteiger partial charge in [-0.1, -0.05) is 11.2 Å². The zero-order valence-corrected chi connectivity index (χ0v) is 13.6. The lowest BCUT2D eigenvalue weighted by Crippen LogP contribution is -2.23. The molecule has 4 rings (SSSR count). The summed E-state index contributed by atoms with van der Waals surface area (Å²) >= 11 is 0. The molecule has 8 heteroatoms. The molecule has 0 unspecified atom stereocenters. The maximum absolute atomic E-state index is 12.2. The number of carbonyl (C=O) groups excluding carboxylic acids is 1. The molecule has 0 aliphatic rings. The van der Waals surface area contributed by atoms with Crippen molar-refractivity contribution in [2.24, 2.45) is 0 Å². The van der Waals surface area contributed by atoms with E-state index in [1.165, 1.54) is 0 Å². The van der Waals surface area contributed by atoms with Gasteiger partial charge in [0.2, 0.25) is 0 Å². The molecular weight excluding hydrogens is 332 g/mol. The Balaban J connectivity index is 1.39. The van der Waals surface area contributed by atoms with Gasteiger partial charge in [0.1, 0.15) is 12.1 Å². The van der Waals surface area contributed by atoms with Crippen LogP contribution in [0.3, 0.4) is 0 Å². The third-order valence-corrected chi connectivity index (χ3v) is 3.72. The molecule has 1 amide bonds. The van der Waals surface area contributed by atoms with Crippen molar-refractivity contribution in [2.45, 2.75) is 6.54 Å². The third-order valence-electron chi connectivity index (χ3n) is 3.72. The van der Waals surface area contributed by atoms with Gasteiger partial charge in [-0.05, 0) is 23.8 Å². The van der Waals surface area contributed by atoms with Gasteiger partial charge in [0.25, 0.3) is 5.91 Å². The van der Waals surface area contributed by atoms with Crippen LogP contribution in [0.2, 0.25) is 0 Å².